The number of carbonyl (C=O) groups excluding carboxylic acids is 2. The summed E-state index contributed by atoms with van der Waals surface area (Å²) in [5.41, 5.74) is 0.477. The summed E-state index contributed by atoms with van der Waals surface area (Å²) in [6, 6.07) is 7.16. The number of ketones is 1. The van der Waals surface area contributed by atoms with Gasteiger partial charge in [0.2, 0.25) is 5.78 Å². The van der Waals surface area contributed by atoms with Crippen molar-refractivity contribution in [3.8, 4) is 5.75 Å². The van der Waals surface area contributed by atoms with E-state index in [1.54, 1.807) is 18.2 Å². The minimum absolute atomic E-state index is 0.234. The first-order valence-corrected chi connectivity index (χ1v) is 13.0. The topological polar surface area (TPSA) is 52.6 Å². The summed E-state index contributed by atoms with van der Waals surface area (Å²) in [6.07, 6.45) is 21.5. The molecule has 1 aromatic carbocycles. The number of hydrogen-bond donors (Lipinski definition) is 0. The molecule has 0 spiro atoms. The second kappa shape index (κ2) is 19.8. The van der Waals surface area contributed by atoms with E-state index in [2.05, 4.69) is 6.92 Å². The van der Waals surface area contributed by atoms with Crippen LogP contribution in [-0.2, 0) is 9.53 Å². The molecule has 0 aromatic heterocycles. The Labute approximate surface area is 196 Å². The van der Waals surface area contributed by atoms with Crippen LogP contribution >= 0.6 is 0 Å². The monoisotopic (exact) mass is 446 g/mol. The van der Waals surface area contributed by atoms with E-state index in [1.807, 2.05) is 6.07 Å². The molecule has 0 saturated carbocycles. The maximum atomic E-state index is 12.2. The van der Waals surface area contributed by atoms with Crippen LogP contribution in [0.5, 0.6) is 5.75 Å². The van der Waals surface area contributed by atoms with Gasteiger partial charge in [-0.15, -0.1) is 0 Å². The first-order chi connectivity index (χ1) is 15.6. The van der Waals surface area contributed by atoms with Gasteiger partial charge in [0.1, 0.15) is 5.75 Å². The average Bonchev–Trinajstić information content (AvgIpc) is 2.79. The normalized spacial score (nSPS) is 10.8. The van der Waals surface area contributed by atoms with Crippen molar-refractivity contribution in [2.75, 3.05) is 13.2 Å². The Morgan fingerprint density at radius 3 is 1.66 bits per heavy atom. The SMILES string of the molecule is CCCCCCCCCCCCCCCCCCOc1ccccc1C(=O)COC(C)=O. The lowest BCUT2D eigenvalue weighted by atomic mass is 10.0. The molecule has 0 amide bonds. The molecule has 0 fully saturated rings. The number of carbonyl (C=O) groups is 2. The highest BCUT2D eigenvalue weighted by Gasteiger charge is 2.13. The molecule has 0 unspecified atom stereocenters. The van der Waals surface area contributed by atoms with Crippen LogP contribution in [0.2, 0.25) is 0 Å². The lowest BCUT2D eigenvalue weighted by Crippen LogP contribution is -2.13. The Morgan fingerprint density at radius 2 is 1.16 bits per heavy atom. The molecule has 0 aliphatic rings. The molecule has 182 valence electrons. The first kappa shape index (κ1) is 28.2. The highest BCUT2D eigenvalue weighted by molar-refractivity contribution is 6.00. The number of rotatable bonds is 21. The van der Waals surface area contributed by atoms with Crippen LogP contribution in [0.3, 0.4) is 0 Å². The second-order valence-electron chi connectivity index (χ2n) is 8.85. The fourth-order valence-electron chi connectivity index (χ4n) is 3.90. The third-order valence-electron chi connectivity index (χ3n) is 5.85. The van der Waals surface area contributed by atoms with Crippen LogP contribution < -0.4 is 4.74 Å². The summed E-state index contributed by atoms with van der Waals surface area (Å²) < 4.78 is 10.6. The van der Waals surface area contributed by atoms with Crippen molar-refractivity contribution in [2.24, 2.45) is 0 Å². The van der Waals surface area contributed by atoms with Crippen LogP contribution in [0.4, 0.5) is 0 Å². The summed E-state index contributed by atoms with van der Waals surface area (Å²) in [7, 11) is 0. The fourth-order valence-corrected chi connectivity index (χ4v) is 3.90. The molecule has 0 saturated heterocycles. The van der Waals surface area contributed by atoms with Crippen molar-refractivity contribution in [3.63, 3.8) is 0 Å². The summed E-state index contributed by atoms with van der Waals surface area (Å²) in [5, 5.41) is 0. The molecule has 0 bridgehead atoms. The molecule has 0 atom stereocenters. The standard InChI is InChI=1S/C28H46O4/c1-3-4-5-6-7-8-9-10-11-12-13-14-15-16-17-20-23-31-28-22-19-18-21-26(28)27(30)24-32-25(2)29/h18-19,21-22H,3-17,20,23-24H2,1-2H3. The van der Waals surface area contributed by atoms with Gasteiger partial charge < -0.3 is 9.47 Å². The molecule has 4 heteroatoms. The number of unbranched alkanes of at least 4 members (excludes halogenated alkanes) is 15. The highest BCUT2D eigenvalue weighted by Crippen LogP contribution is 2.19. The Hall–Kier alpha value is -1.84. The van der Waals surface area contributed by atoms with E-state index in [9.17, 15) is 9.59 Å². The van der Waals surface area contributed by atoms with Crippen molar-refractivity contribution < 1.29 is 19.1 Å². The molecular formula is C28H46O4. The molecule has 0 N–H and O–H groups in total. The molecule has 0 heterocycles. The summed E-state index contributed by atoms with van der Waals surface area (Å²) in [4.78, 5) is 23.1. The number of Topliss-reactive ketones (excluding diaryl/α,β-unsaturated/α-hetero) is 1. The van der Waals surface area contributed by atoms with E-state index >= 15 is 0 Å². The summed E-state index contributed by atoms with van der Waals surface area (Å²) >= 11 is 0. The van der Waals surface area contributed by atoms with Gasteiger partial charge in [0, 0.05) is 6.92 Å². The lowest BCUT2D eigenvalue weighted by Gasteiger charge is -2.11. The van der Waals surface area contributed by atoms with Crippen LogP contribution in [0.1, 0.15) is 127 Å². The Bertz CT molecular complexity index is 611. The van der Waals surface area contributed by atoms with Gasteiger partial charge in [-0.1, -0.05) is 115 Å². The predicted molar refractivity (Wildman–Crippen MR) is 132 cm³/mol. The first-order valence-electron chi connectivity index (χ1n) is 13.0. The van der Waals surface area contributed by atoms with Gasteiger partial charge in [0.05, 0.1) is 12.2 Å². The third kappa shape index (κ3) is 15.0. The van der Waals surface area contributed by atoms with Gasteiger partial charge >= 0.3 is 5.97 Å². The van der Waals surface area contributed by atoms with Gasteiger partial charge in [-0.2, -0.15) is 0 Å². The Balaban J connectivity index is 1.96. The molecular weight excluding hydrogens is 400 g/mol. The molecule has 0 radical (unpaired) electrons. The second-order valence-corrected chi connectivity index (χ2v) is 8.85. The zero-order chi connectivity index (χ0) is 23.3. The number of hydrogen-bond acceptors (Lipinski definition) is 4. The van der Waals surface area contributed by atoms with Crippen molar-refractivity contribution in [1.82, 2.24) is 0 Å². The van der Waals surface area contributed by atoms with Gasteiger partial charge in [0.15, 0.2) is 6.61 Å². The van der Waals surface area contributed by atoms with Crippen LogP contribution in [0.25, 0.3) is 0 Å². The molecule has 32 heavy (non-hydrogen) atoms. The third-order valence-corrected chi connectivity index (χ3v) is 5.85. The minimum Gasteiger partial charge on any atom is -0.493 e. The lowest BCUT2D eigenvalue weighted by molar-refractivity contribution is -0.139. The molecule has 1 rings (SSSR count). The van der Waals surface area contributed by atoms with Crippen molar-refractivity contribution in [1.29, 1.82) is 0 Å². The largest absolute Gasteiger partial charge is 0.493 e. The maximum absolute atomic E-state index is 12.2. The highest BCUT2D eigenvalue weighted by atomic mass is 16.5. The van der Waals surface area contributed by atoms with E-state index < -0.39 is 5.97 Å². The Morgan fingerprint density at radius 1 is 0.688 bits per heavy atom. The van der Waals surface area contributed by atoms with Crippen LogP contribution in [0.15, 0.2) is 24.3 Å². The molecule has 4 nitrogen and oxygen atoms in total. The molecule has 1 aromatic rings. The molecule has 0 aliphatic heterocycles. The smallest absolute Gasteiger partial charge is 0.303 e. The van der Waals surface area contributed by atoms with Crippen LogP contribution in [-0.4, -0.2) is 25.0 Å². The van der Waals surface area contributed by atoms with E-state index in [-0.39, 0.29) is 12.4 Å². The number of benzene rings is 1. The maximum Gasteiger partial charge on any atom is 0.303 e. The van der Waals surface area contributed by atoms with E-state index in [0.717, 1.165) is 12.8 Å². The quantitative estimate of drug-likeness (QED) is 0.109. The zero-order valence-corrected chi connectivity index (χ0v) is 20.7. The van der Waals surface area contributed by atoms with Crippen LogP contribution in [0, 0.1) is 0 Å². The molecule has 0 aliphatic carbocycles. The Kier molecular flexibility index (Phi) is 17.5. The minimum atomic E-state index is -0.454. The summed E-state index contributed by atoms with van der Waals surface area (Å²) in [6.45, 7) is 3.94. The van der Waals surface area contributed by atoms with Gasteiger partial charge in [-0.05, 0) is 18.6 Å². The van der Waals surface area contributed by atoms with Gasteiger partial charge in [0.25, 0.3) is 0 Å². The summed E-state index contributed by atoms with van der Waals surface area (Å²) in [5.74, 6) is -0.113. The van der Waals surface area contributed by atoms with Gasteiger partial charge in [-0.3, -0.25) is 9.59 Å². The average molecular weight is 447 g/mol. The van der Waals surface area contributed by atoms with E-state index in [4.69, 9.17) is 9.47 Å². The van der Waals surface area contributed by atoms with Gasteiger partial charge in [-0.25, -0.2) is 0 Å². The zero-order valence-electron chi connectivity index (χ0n) is 20.7. The van der Waals surface area contributed by atoms with Crippen molar-refractivity contribution in [3.05, 3.63) is 29.8 Å². The number of ether oxygens (including phenoxy) is 2. The fraction of sp³-hybridized carbons (Fsp3) is 0.714. The number of para-hydroxylation sites is 1. The predicted octanol–water partition coefficient (Wildman–Crippen LogP) is 8.07. The van der Waals surface area contributed by atoms with Crippen molar-refractivity contribution in [2.45, 2.75) is 117 Å². The van der Waals surface area contributed by atoms with E-state index in [0.29, 0.717) is 17.9 Å². The number of esters is 1. The van der Waals surface area contributed by atoms with Crippen molar-refractivity contribution >= 4 is 11.8 Å². The van der Waals surface area contributed by atoms with E-state index in [1.165, 1.54) is 96.8 Å².